The van der Waals surface area contributed by atoms with E-state index in [1.807, 2.05) is 0 Å². The fraction of sp³-hybridized carbons (Fsp3) is 0. The normalized spacial score (nSPS) is 8.53. The Bertz CT molecular complexity index is 366. The number of ether oxygens (including phenoxy) is 1. The quantitative estimate of drug-likeness (QED) is 0.553. The summed E-state index contributed by atoms with van der Waals surface area (Å²) in [6, 6.07) is 16.7. The van der Waals surface area contributed by atoms with Crippen LogP contribution >= 0.6 is 0 Å². The van der Waals surface area contributed by atoms with Gasteiger partial charge in [-0.3, -0.25) is 9.59 Å². The molecule has 0 aliphatic rings. The number of carbonyl (C=O) groups is 2. The Kier molecular flexibility index (Phi) is 4.60. The van der Waals surface area contributed by atoms with Crippen molar-refractivity contribution in [2.45, 2.75) is 0 Å². The van der Waals surface area contributed by atoms with Gasteiger partial charge in [0.2, 0.25) is 0 Å². The first-order chi connectivity index (χ1) is 7.38. The molecule has 0 aliphatic heterocycles. The second kappa shape index (κ2) is 6.32. The largest absolute Gasteiger partial charge is 0.398 e. The first kappa shape index (κ1) is 10.9. The molecular weight excluding hydrogens is 192 g/mol. The van der Waals surface area contributed by atoms with Gasteiger partial charge in [0.05, 0.1) is 0 Å². The molecule has 3 nitrogen and oxygen atoms in total. The summed E-state index contributed by atoms with van der Waals surface area (Å²) < 4.78 is 3.47. The molecule has 0 saturated heterocycles. The molecular formula is C12H10O3. The molecule has 0 radical (unpaired) electrons. The van der Waals surface area contributed by atoms with Crippen molar-refractivity contribution in [3.8, 4) is 0 Å². The van der Waals surface area contributed by atoms with Gasteiger partial charge in [-0.15, -0.1) is 0 Å². The van der Waals surface area contributed by atoms with E-state index < -0.39 is 0 Å². The van der Waals surface area contributed by atoms with E-state index in [-0.39, 0.29) is 12.9 Å². The van der Waals surface area contributed by atoms with Crippen molar-refractivity contribution in [3.63, 3.8) is 0 Å². The Morgan fingerprint density at radius 3 is 1.27 bits per heavy atom. The van der Waals surface area contributed by atoms with Crippen LogP contribution in [0.1, 0.15) is 0 Å². The van der Waals surface area contributed by atoms with Crippen molar-refractivity contribution in [3.05, 3.63) is 48.5 Å². The SMILES string of the molecule is O=COC=O.c1ccc2ccccc2c1. The predicted octanol–water partition coefficient (Wildman–Crippen LogP) is 2.16. The van der Waals surface area contributed by atoms with Crippen LogP contribution in [0.4, 0.5) is 0 Å². The third kappa shape index (κ3) is 3.60. The minimum absolute atomic E-state index is 0.0625. The zero-order valence-corrected chi connectivity index (χ0v) is 8.00. The minimum Gasteiger partial charge on any atom is -0.398 e. The molecule has 0 fully saturated rings. The molecule has 0 aromatic heterocycles. The van der Waals surface area contributed by atoms with Crippen LogP contribution in [0.3, 0.4) is 0 Å². The van der Waals surface area contributed by atoms with Crippen LogP contribution < -0.4 is 0 Å². The van der Waals surface area contributed by atoms with Gasteiger partial charge in [0.1, 0.15) is 0 Å². The summed E-state index contributed by atoms with van der Waals surface area (Å²) in [6.07, 6.45) is 0. The lowest BCUT2D eigenvalue weighted by atomic mass is 10.1. The van der Waals surface area contributed by atoms with Crippen LogP contribution in [-0.2, 0) is 14.3 Å². The Morgan fingerprint density at radius 1 is 0.733 bits per heavy atom. The van der Waals surface area contributed by atoms with E-state index in [1.165, 1.54) is 10.8 Å². The van der Waals surface area contributed by atoms with Crippen molar-refractivity contribution < 1.29 is 14.3 Å². The summed E-state index contributed by atoms with van der Waals surface area (Å²) >= 11 is 0. The molecule has 0 atom stereocenters. The van der Waals surface area contributed by atoms with Crippen molar-refractivity contribution in [1.29, 1.82) is 0 Å². The molecule has 0 heterocycles. The zero-order chi connectivity index (χ0) is 10.9. The Balaban J connectivity index is 0.000000195. The van der Waals surface area contributed by atoms with Gasteiger partial charge in [0.15, 0.2) is 0 Å². The molecule has 0 spiro atoms. The maximum Gasteiger partial charge on any atom is 0.300 e. The maximum absolute atomic E-state index is 8.95. The van der Waals surface area contributed by atoms with Gasteiger partial charge < -0.3 is 4.74 Å². The lowest BCUT2D eigenvalue weighted by molar-refractivity contribution is -0.141. The summed E-state index contributed by atoms with van der Waals surface area (Å²) in [6.45, 7) is 0.125. The van der Waals surface area contributed by atoms with E-state index in [0.717, 1.165) is 0 Å². The second-order valence-corrected chi connectivity index (χ2v) is 2.68. The number of hydrogen-bond acceptors (Lipinski definition) is 3. The van der Waals surface area contributed by atoms with E-state index >= 15 is 0 Å². The molecule has 2 aromatic carbocycles. The highest BCUT2D eigenvalue weighted by atomic mass is 16.6. The summed E-state index contributed by atoms with van der Waals surface area (Å²) in [7, 11) is 0. The van der Waals surface area contributed by atoms with Crippen molar-refractivity contribution >= 4 is 23.7 Å². The lowest BCUT2D eigenvalue weighted by Crippen LogP contribution is -1.77. The van der Waals surface area contributed by atoms with Gasteiger partial charge in [0.25, 0.3) is 0 Å². The monoisotopic (exact) mass is 202 g/mol. The molecule has 2 rings (SSSR count). The van der Waals surface area contributed by atoms with Crippen LogP contribution in [0.15, 0.2) is 48.5 Å². The number of benzene rings is 2. The van der Waals surface area contributed by atoms with Crippen LogP contribution in [-0.4, -0.2) is 12.9 Å². The third-order valence-electron chi connectivity index (χ3n) is 1.77. The first-order valence-electron chi connectivity index (χ1n) is 4.35. The number of carbonyl (C=O) groups excluding carboxylic acids is 2. The van der Waals surface area contributed by atoms with Gasteiger partial charge in [-0.1, -0.05) is 48.5 Å². The minimum atomic E-state index is 0.0625. The molecule has 0 N–H and O–H groups in total. The molecule has 0 unspecified atom stereocenters. The van der Waals surface area contributed by atoms with Crippen molar-refractivity contribution in [2.75, 3.05) is 0 Å². The summed E-state index contributed by atoms with van der Waals surface area (Å²) in [5.41, 5.74) is 0. The van der Waals surface area contributed by atoms with Gasteiger partial charge in [0, 0.05) is 0 Å². The highest BCUT2D eigenvalue weighted by Crippen LogP contribution is 2.11. The average Bonchev–Trinajstić information content (AvgIpc) is 2.31. The Morgan fingerprint density at radius 2 is 1.07 bits per heavy atom. The van der Waals surface area contributed by atoms with Gasteiger partial charge >= 0.3 is 12.9 Å². The molecule has 15 heavy (non-hydrogen) atoms. The van der Waals surface area contributed by atoms with Crippen molar-refractivity contribution in [2.24, 2.45) is 0 Å². The highest BCUT2D eigenvalue weighted by molar-refractivity contribution is 5.81. The number of hydrogen-bond donors (Lipinski definition) is 0. The Hall–Kier alpha value is -2.16. The standard InChI is InChI=1S/C10H8.C2H2O3/c1-2-6-10-8-4-3-7-9(10)5-1;3-1-5-2-4/h1-8H;1-2H. The van der Waals surface area contributed by atoms with E-state index in [4.69, 9.17) is 9.59 Å². The fourth-order valence-corrected chi connectivity index (χ4v) is 1.16. The first-order valence-corrected chi connectivity index (χ1v) is 4.35. The van der Waals surface area contributed by atoms with Crippen LogP contribution in [0.25, 0.3) is 10.8 Å². The second-order valence-electron chi connectivity index (χ2n) is 2.68. The highest BCUT2D eigenvalue weighted by Gasteiger charge is 1.85. The van der Waals surface area contributed by atoms with Crippen LogP contribution in [0.5, 0.6) is 0 Å². The molecule has 0 bridgehead atoms. The van der Waals surface area contributed by atoms with Crippen molar-refractivity contribution in [1.82, 2.24) is 0 Å². The molecule has 0 saturated carbocycles. The third-order valence-corrected chi connectivity index (χ3v) is 1.77. The number of rotatable bonds is 2. The molecule has 3 heteroatoms. The molecule has 76 valence electrons. The predicted molar refractivity (Wildman–Crippen MR) is 57.2 cm³/mol. The van der Waals surface area contributed by atoms with E-state index in [2.05, 4.69) is 53.3 Å². The Labute approximate surface area is 87.3 Å². The summed E-state index contributed by atoms with van der Waals surface area (Å²) in [5.74, 6) is 0. The molecule has 0 amide bonds. The van der Waals surface area contributed by atoms with Gasteiger partial charge in [-0.2, -0.15) is 0 Å². The van der Waals surface area contributed by atoms with Gasteiger partial charge in [-0.05, 0) is 10.8 Å². The maximum atomic E-state index is 8.95. The lowest BCUT2D eigenvalue weighted by Gasteiger charge is -1.92. The zero-order valence-electron chi connectivity index (χ0n) is 8.00. The van der Waals surface area contributed by atoms with Crippen LogP contribution in [0, 0.1) is 0 Å². The molecule has 0 aliphatic carbocycles. The smallest absolute Gasteiger partial charge is 0.300 e. The van der Waals surface area contributed by atoms with E-state index in [9.17, 15) is 0 Å². The van der Waals surface area contributed by atoms with Crippen LogP contribution in [0.2, 0.25) is 0 Å². The summed E-state index contributed by atoms with van der Waals surface area (Å²) in [4.78, 5) is 17.9. The fourth-order valence-electron chi connectivity index (χ4n) is 1.16. The van der Waals surface area contributed by atoms with E-state index in [0.29, 0.717) is 0 Å². The molecule has 2 aromatic rings. The topological polar surface area (TPSA) is 43.4 Å². The number of fused-ring (bicyclic) bond motifs is 1. The summed E-state index contributed by atoms with van der Waals surface area (Å²) in [5, 5.41) is 2.62. The van der Waals surface area contributed by atoms with Gasteiger partial charge in [-0.25, -0.2) is 0 Å². The van der Waals surface area contributed by atoms with E-state index in [1.54, 1.807) is 0 Å². The average molecular weight is 202 g/mol.